The van der Waals surface area contributed by atoms with Crippen LogP contribution in [0.4, 0.5) is 5.69 Å². The average molecular weight is 360 g/mol. The first-order valence-electron chi connectivity index (χ1n) is 6.62. The average Bonchev–Trinajstić information content (AvgIpc) is 2.49. The fourth-order valence-electron chi connectivity index (χ4n) is 2.17. The normalized spacial score (nSPS) is 11.0. The number of halogens is 2. The van der Waals surface area contributed by atoms with Crippen molar-refractivity contribution in [1.29, 1.82) is 0 Å². The summed E-state index contributed by atoms with van der Waals surface area (Å²) < 4.78 is 5.51. The highest BCUT2D eigenvalue weighted by atomic mass is 35.5. The molecule has 0 radical (unpaired) electrons. The van der Waals surface area contributed by atoms with Crippen LogP contribution in [0.1, 0.15) is 30.9 Å². The topological polar surface area (TPSA) is 121 Å². The summed E-state index contributed by atoms with van der Waals surface area (Å²) in [6.45, 7) is 5.36. The molecule has 7 nitrogen and oxygen atoms in total. The van der Waals surface area contributed by atoms with Crippen molar-refractivity contribution in [3.63, 3.8) is 0 Å². The third kappa shape index (κ3) is 2.89. The van der Waals surface area contributed by atoms with Crippen molar-refractivity contribution in [2.45, 2.75) is 26.7 Å². The lowest BCUT2D eigenvalue weighted by atomic mass is 10.0. The molecule has 5 N–H and O–H groups in total. The van der Waals surface area contributed by atoms with E-state index in [1.807, 2.05) is 13.8 Å². The number of nitrogens with two attached hydrogens (primary N) is 1. The molecule has 0 saturated heterocycles. The zero-order valence-corrected chi connectivity index (χ0v) is 14.1. The molecule has 0 fully saturated rings. The van der Waals surface area contributed by atoms with Crippen molar-refractivity contribution in [3.05, 3.63) is 31.5 Å². The van der Waals surface area contributed by atoms with Gasteiger partial charge in [0.25, 0.3) is 5.56 Å². The van der Waals surface area contributed by atoms with Gasteiger partial charge < -0.3 is 20.7 Å². The number of benzene rings is 1. The van der Waals surface area contributed by atoms with Crippen molar-refractivity contribution < 1.29 is 14.9 Å². The van der Waals surface area contributed by atoms with Gasteiger partial charge in [0.1, 0.15) is 15.7 Å². The number of ether oxygens (including phenoxy) is 1. The molecular formula is C14H15Cl2N3O4. The van der Waals surface area contributed by atoms with E-state index in [4.69, 9.17) is 33.7 Å². The Hall–Kier alpha value is -2.12. The predicted octanol–water partition coefficient (Wildman–Crippen LogP) is 3.29. The number of nitrogens with one attached hydrogen (secondary N) is 1. The number of phenols is 2. The van der Waals surface area contributed by atoms with Gasteiger partial charge >= 0.3 is 0 Å². The Balaban J connectivity index is 2.62. The van der Waals surface area contributed by atoms with E-state index in [1.54, 1.807) is 6.92 Å². The molecule has 2 rings (SSSR count). The van der Waals surface area contributed by atoms with Crippen LogP contribution in [0.15, 0.2) is 4.79 Å². The minimum absolute atomic E-state index is 0.0423. The zero-order chi connectivity index (χ0) is 17.5. The third-order valence-corrected chi connectivity index (χ3v) is 4.03. The molecule has 0 aliphatic heterocycles. The monoisotopic (exact) mass is 359 g/mol. The molecule has 23 heavy (non-hydrogen) atoms. The summed E-state index contributed by atoms with van der Waals surface area (Å²) in [4.78, 5) is 11.9. The molecule has 124 valence electrons. The van der Waals surface area contributed by atoms with E-state index < -0.39 is 11.5 Å². The number of aromatic amines is 1. The van der Waals surface area contributed by atoms with Gasteiger partial charge in [0.2, 0.25) is 5.88 Å². The van der Waals surface area contributed by atoms with Gasteiger partial charge in [-0.1, -0.05) is 37.0 Å². The number of rotatable bonds is 3. The second kappa shape index (κ2) is 6.17. The number of aromatic hydroxyl groups is 2. The summed E-state index contributed by atoms with van der Waals surface area (Å²) >= 11 is 11.9. The van der Waals surface area contributed by atoms with Crippen LogP contribution >= 0.6 is 23.2 Å². The van der Waals surface area contributed by atoms with E-state index >= 15 is 0 Å². The summed E-state index contributed by atoms with van der Waals surface area (Å²) in [6, 6.07) is 0. The Morgan fingerprint density at radius 2 is 1.74 bits per heavy atom. The van der Waals surface area contributed by atoms with E-state index in [-0.39, 0.29) is 38.8 Å². The van der Waals surface area contributed by atoms with E-state index in [1.165, 1.54) is 0 Å². The second-order valence-corrected chi connectivity index (χ2v) is 5.98. The van der Waals surface area contributed by atoms with E-state index in [2.05, 4.69) is 10.2 Å². The molecule has 0 aliphatic carbocycles. The summed E-state index contributed by atoms with van der Waals surface area (Å²) in [7, 11) is 0. The summed E-state index contributed by atoms with van der Waals surface area (Å²) in [5.74, 6) is -1.36. The summed E-state index contributed by atoms with van der Waals surface area (Å²) in [5.41, 5.74) is 5.77. The molecule has 0 bridgehead atoms. The lowest BCUT2D eigenvalue weighted by Crippen LogP contribution is -2.18. The first-order valence-corrected chi connectivity index (χ1v) is 7.37. The molecule has 0 aliphatic rings. The van der Waals surface area contributed by atoms with Crippen molar-refractivity contribution in [2.75, 3.05) is 5.73 Å². The predicted molar refractivity (Wildman–Crippen MR) is 88.0 cm³/mol. The fraction of sp³-hybridized carbons (Fsp3) is 0.286. The first kappa shape index (κ1) is 17.2. The number of aromatic nitrogens is 2. The number of anilines is 1. The number of hydrogen-bond acceptors (Lipinski definition) is 6. The highest BCUT2D eigenvalue weighted by Gasteiger charge is 2.24. The number of nitrogen functional groups attached to an aromatic ring is 1. The molecule has 1 aromatic heterocycles. The summed E-state index contributed by atoms with van der Waals surface area (Å²) in [5, 5.41) is 25.2. The Kier molecular flexibility index (Phi) is 4.63. The van der Waals surface area contributed by atoms with Crippen LogP contribution in [0.5, 0.6) is 23.1 Å². The second-order valence-electron chi connectivity index (χ2n) is 5.22. The van der Waals surface area contributed by atoms with Crippen LogP contribution in [0.3, 0.4) is 0 Å². The number of nitrogens with zero attached hydrogens (tertiary/aromatic N) is 1. The first-order chi connectivity index (χ1) is 10.7. The maximum atomic E-state index is 11.9. The van der Waals surface area contributed by atoms with Crippen molar-refractivity contribution in [3.8, 4) is 23.1 Å². The van der Waals surface area contributed by atoms with Crippen LogP contribution in [-0.2, 0) is 0 Å². The van der Waals surface area contributed by atoms with Crippen LogP contribution in [-0.4, -0.2) is 20.4 Å². The third-order valence-electron chi connectivity index (χ3n) is 3.33. The molecule has 1 heterocycles. The van der Waals surface area contributed by atoms with Crippen LogP contribution in [0.2, 0.25) is 10.0 Å². The summed E-state index contributed by atoms with van der Waals surface area (Å²) in [6.07, 6.45) is 0. The van der Waals surface area contributed by atoms with Gasteiger partial charge in [0, 0.05) is 11.1 Å². The minimum Gasteiger partial charge on any atom is -0.504 e. The zero-order valence-electron chi connectivity index (χ0n) is 12.6. The number of H-pyrrole nitrogens is 1. The lowest BCUT2D eigenvalue weighted by Gasteiger charge is -2.16. The molecule has 0 amide bonds. The molecule has 2 aromatic rings. The van der Waals surface area contributed by atoms with Gasteiger partial charge in [0.05, 0.1) is 0 Å². The fourth-order valence-corrected chi connectivity index (χ4v) is 2.69. The van der Waals surface area contributed by atoms with E-state index in [0.29, 0.717) is 11.1 Å². The molecule has 9 heteroatoms. The van der Waals surface area contributed by atoms with Crippen LogP contribution in [0.25, 0.3) is 0 Å². The van der Waals surface area contributed by atoms with Gasteiger partial charge in [0.15, 0.2) is 17.2 Å². The van der Waals surface area contributed by atoms with Gasteiger partial charge in [-0.05, 0) is 12.8 Å². The highest BCUT2D eigenvalue weighted by Crippen LogP contribution is 2.51. The smallest absolute Gasteiger partial charge is 0.268 e. The Morgan fingerprint density at radius 3 is 2.22 bits per heavy atom. The molecule has 1 aromatic carbocycles. The van der Waals surface area contributed by atoms with Crippen molar-refractivity contribution in [2.24, 2.45) is 0 Å². The lowest BCUT2D eigenvalue weighted by molar-refractivity contribution is 0.423. The SMILES string of the molecule is Cc1c(Oc2c(Cl)c(O)c(N)c(O)c2Cl)n[nH]c(=O)c1C(C)C. The van der Waals surface area contributed by atoms with Crippen molar-refractivity contribution >= 4 is 28.9 Å². The number of hydrogen-bond donors (Lipinski definition) is 4. The quantitative estimate of drug-likeness (QED) is 0.492. The van der Waals surface area contributed by atoms with Gasteiger partial charge in [-0.2, -0.15) is 0 Å². The highest BCUT2D eigenvalue weighted by molar-refractivity contribution is 6.39. The molecule has 0 saturated carbocycles. The van der Waals surface area contributed by atoms with E-state index in [0.717, 1.165) is 0 Å². The maximum Gasteiger partial charge on any atom is 0.268 e. The molecular weight excluding hydrogens is 345 g/mol. The van der Waals surface area contributed by atoms with Crippen LogP contribution in [0, 0.1) is 6.92 Å². The molecule has 0 atom stereocenters. The standard InChI is InChI=1S/C14H15Cl2N3O4/c1-4(2)6-5(3)14(19-18-13(6)22)23-12-7(15)10(20)9(17)11(21)8(12)16/h4,20-21H,17H2,1-3H3,(H,18,22). The maximum absolute atomic E-state index is 11.9. The molecule has 0 spiro atoms. The largest absolute Gasteiger partial charge is 0.504 e. The van der Waals surface area contributed by atoms with E-state index in [9.17, 15) is 15.0 Å². The Bertz CT molecular complexity index is 805. The van der Waals surface area contributed by atoms with Gasteiger partial charge in [-0.15, -0.1) is 5.10 Å². The Morgan fingerprint density at radius 1 is 1.22 bits per heavy atom. The van der Waals surface area contributed by atoms with Gasteiger partial charge in [-0.25, -0.2) is 5.10 Å². The van der Waals surface area contributed by atoms with Gasteiger partial charge in [-0.3, -0.25) is 4.79 Å². The molecule has 0 unspecified atom stereocenters. The van der Waals surface area contributed by atoms with Crippen LogP contribution < -0.4 is 16.0 Å². The number of phenolic OH excluding ortho intramolecular Hbond substituents is 2. The van der Waals surface area contributed by atoms with Crippen molar-refractivity contribution in [1.82, 2.24) is 10.2 Å². The Labute approximate surface area is 141 Å². The minimum atomic E-state index is -0.560.